The molecule has 2 aromatic rings. The number of aryl methyl sites for hydroxylation is 1. The number of hydrogen-bond donors (Lipinski definition) is 0. The summed E-state index contributed by atoms with van der Waals surface area (Å²) in [6, 6.07) is 13.3. The van der Waals surface area contributed by atoms with E-state index in [0.29, 0.717) is 24.7 Å². The Hall–Kier alpha value is -3.66. The summed E-state index contributed by atoms with van der Waals surface area (Å²) in [5, 5.41) is 0. The predicted octanol–water partition coefficient (Wildman–Crippen LogP) is 7.21. The van der Waals surface area contributed by atoms with Crippen molar-refractivity contribution in [3.8, 4) is 11.5 Å². The van der Waals surface area contributed by atoms with Crippen LogP contribution in [0, 0.1) is 6.92 Å². The van der Waals surface area contributed by atoms with Crippen LogP contribution in [0.2, 0.25) is 0 Å². The fourth-order valence-corrected chi connectivity index (χ4v) is 3.22. The summed E-state index contributed by atoms with van der Waals surface area (Å²) in [5.41, 5.74) is 5.28. The normalized spacial score (nSPS) is 14.0. The van der Waals surface area contributed by atoms with Crippen LogP contribution in [-0.4, -0.2) is 18.1 Å². The van der Waals surface area contributed by atoms with Crippen molar-refractivity contribution in [1.82, 2.24) is 0 Å². The molecule has 0 aromatic heterocycles. The van der Waals surface area contributed by atoms with Crippen molar-refractivity contribution < 1.29 is 14.3 Å². The van der Waals surface area contributed by atoms with Gasteiger partial charge in [-0.15, -0.1) is 0 Å². The first kappa shape index (κ1) is 25.6. The van der Waals surface area contributed by atoms with Crippen molar-refractivity contribution >= 4 is 11.5 Å². The predicted molar refractivity (Wildman–Crippen MR) is 137 cm³/mol. The average Bonchev–Trinajstić information content (AvgIpc) is 2.82. The van der Waals surface area contributed by atoms with E-state index in [1.165, 1.54) is 0 Å². The quantitative estimate of drug-likeness (QED) is 0.405. The van der Waals surface area contributed by atoms with Crippen molar-refractivity contribution in [3.63, 3.8) is 0 Å². The van der Waals surface area contributed by atoms with Gasteiger partial charge >= 0.3 is 0 Å². The van der Waals surface area contributed by atoms with Gasteiger partial charge in [0.15, 0.2) is 5.78 Å². The zero-order valence-electron chi connectivity index (χ0n) is 20.2. The van der Waals surface area contributed by atoms with Crippen LogP contribution in [0.25, 0.3) is 0 Å². The molecule has 0 atom stereocenters. The second kappa shape index (κ2) is 13.0. The minimum atomic E-state index is 0.0444. The topological polar surface area (TPSA) is 47.9 Å². The van der Waals surface area contributed by atoms with Gasteiger partial charge in [-0.1, -0.05) is 62.9 Å². The van der Waals surface area contributed by atoms with Gasteiger partial charge in [0.05, 0.1) is 5.71 Å². The zero-order chi connectivity index (χ0) is 24.2. The van der Waals surface area contributed by atoms with Gasteiger partial charge in [-0.25, -0.2) is 0 Å². The first-order chi connectivity index (χ1) is 15.9. The maximum absolute atomic E-state index is 12.0. The minimum Gasteiger partial charge on any atom is -0.489 e. The molecule has 0 N–H and O–H groups in total. The molecule has 0 saturated heterocycles. The van der Waals surface area contributed by atoms with Gasteiger partial charge in [-0.2, -0.15) is 0 Å². The second-order valence-electron chi connectivity index (χ2n) is 7.45. The minimum absolute atomic E-state index is 0.0444. The van der Waals surface area contributed by atoms with Gasteiger partial charge in [0, 0.05) is 23.4 Å². The Morgan fingerprint density at radius 1 is 1.00 bits per heavy atom. The molecule has 1 aliphatic carbocycles. The SMILES string of the molecule is C=C1C=CC=CC1=N/C=C(\C)COc1cccc(OCc2cccc(C)c2C(C)=O)c1.CC. The van der Waals surface area contributed by atoms with Gasteiger partial charge in [-0.3, -0.25) is 9.79 Å². The Kier molecular flexibility index (Phi) is 10.1. The third-order valence-corrected chi connectivity index (χ3v) is 4.79. The number of nitrogens with zero attached hydrogens (tertiary/aromatic N) is 1. The lowest BCUT2D eigenvalue weighted by molar-refractivity contribution is 0.101. The largest absolute Gasteiger partial charge is 0.489 e. The van der Waals surface area contributed by atoms with E-state index in [0.717, 1.165) is 33.5 Å². The second-order valence-corrected chi connectivity index (χ2v) is 7.45. The molecule has 0 fully saturated rings. The monoisotopic (exact) mass is 443 g/mol. The fraction of sp³-hybridized carbons (Fsp3) is 0.241. The molecule has 0 saturated carbocycles. The Morgan fingerprint density at radius 3 is 2.36 bits per heavy atom. The molecular weight excluding hydrogens is 410 g/mol. The van der Waals surface area contributed by atoms with Crippen LogP contribution in [0.15, 0.2) is 95.7 Å². The molecule has 0 bridgehead atoms. The first-order valence-corrected chi connectivity index (χ1v) is 11.2. The van der Waals surface area contributed by atoms with Crippen molar-refractivity contribution in [1.29, 1.82) is 0 Å². The maximum atomic E-state index is 12.0. The van der Waals surface area contributed by atoms with E-state index in [1.807, 2.05) is 94.5 Å². The molecule has 2 aromatic carbocycles. The van der Waals surface area contributed by atoms with Crippen LogP contribution in [0.1, 0.15) is 49.2 Å². The lowest BCUT2D eigenvalue weighted by Gasteiger charge is -2.13. The van der Waals surface area contributed by atoms with Crippen LogP contribution < -0.4 is 9.47 Å². The summed E-state index contributed by atoms with van der Waals surface area (Å²) in [7, 11) is 0. The molecule has 4 nitrogen and oxygen atoms in total. The van der Waals surface area contributed by atoms with E-state index in [4.69, 9.17) is 9.47 Å². The van der Waals surface area contributed by atoms with E-state index in [-0.39, 0.29) is 5.78 Å². The zero-order valence-corrected chi connectivity index (χ0v) is 20.2. The van der Waals surface area contributed by atoms with Gasteiger partial charge in [-0.05, 0) is 55.7 Å². The number of hydrogen-bond acceptors (Lipinski definition) is 4. The number of carbonyl (C=O) groups excluding carboxylic acids is 1. The van der Waals surface area contributed by atoms with Gasteiger partial charge in [0.2, 0.25) is 0 Å². The Morgan fingerprint density at radius 2 is 1.67 bits per heavy atom. The molecule has 1 aliphatic rings. The van der Waals surface area contributed by atoms with Gasteiger partial charge in [0.1, 0.15) is 24.7 Å². The standard InChI is InChI=1S/C27H27NO3.C2H6/c1-19(16-28-26-14-6-5-9-20(26)2)17-30-24-12-8-13-25(15-24)31-18-23-11-7-10-21(3)27(23)22(4)29;1-2/h5-16H,2,17-18H2,1,3-4H3;1-2H3/b19-16+,28-26?;. The van der Waals surface area contributed by atoms with Crippen LogP contribution in [0.5, 0.6) is 11.5 Å². The Balaban J connectivity index is 0.00000187. The molecule has 0 radical (unpaired) electrons. The van der Waals surface area contributed by atoms with Crippen LogP contribution in [-0.2, 0) is 6.61 Å². The molecule has 172 valence electrons. The highest BCUT2D eigenvalue weighted by atomic mass is 16.5. The number of benzene rings is 2. The van der Waals surface area contributed by atoms with Crippen LogP contribution in [0.3, 0.4) is 0 Å². The van der Waals surface area contributed by atoms with Crippen molar-refractivity contribution in [2.75, 3.05) is 6.61 Å². The molecule has 0 heterocycles. The number of carbonyl (C=O) groups is 1. The number of Topliss-reactive ketones (excluding diaryl/α,β-unsaturated/α-hetero) is 1. The lowest BCUT2D eigenvalue weighted by atomic mass is 9.99. The molecule has 33 heavy (non-hydrogen) atoms. The van der Waals surface area contributed by atoms with Crippen molar-refractivity contribution in [2.24, 2.45) is 4.99 Å². The third-order valence-electron chi connectivity index (χ3n) is 4.79. The summed E-state index contributed by atoms with van der Waals surface area (Å²) in [5.74, 6) is 1.44. The average molecular weight is 444 g/mol. The number of rotatable bonds is 8. The maximum Gasteiger partial charge on any atom is 0.160 e. The van der Waals surface area contributed by atoms with Gasteiger partial charge in [0.25, 0.3) is 0 Å². The summed E-state index contributed by atoms with van der Waals surface area (Å²) < 4.78 is 11.8. The van der Waals surface area contributed by atoms with Crippen molar-refractivity contribution in [3.05, 3.63) is 107 Å². The molecule has 4 heteroatoms. The summed E-state index contributed by atoms with van der Waals surface area (Å²) in [4.78, 5) is 16.4. The van der Waals surface area contributed by atoms with E-state index in [1.54, 1.807) is 13.1 Å². The summed E-state index contributed by atoms with van der Waals surface area (Å²) in [6.45, 7) is 14.2. The molecule has 0 aliphatic heterocycles. The molecule has 3 rings (SSSR count). The highest BCUT2D eigenvalue weighted by molar-refractivity contribution is 6.11. The van der Waals surface area contributed by atoms with Crippen molar-refractivity contribution in [2.45, 2.75) is 41.2 Å². The van der Waals surface area contributed by atoms with E-state index >= 15 is 0 Å². The highest BCUT2D eigenvalue weighted by Gasteiger charge is 2.11. The number of allylic oxidation sites excluding steroid dienone is 5. The first-order valence-electron chi connectivity index (χ1n) is 11.2. The molecule has 0 amide bonds. The number of ketones is 1. The Bertz CT molecular complexity index is 1100. The number of ether oxygens (including phenoxy) is 2. The number of aliphatic imine (C=N–C) groups is 1. The molecule has 0 spiro atoms. The highest BCUT2D eigenvalue weighted by Crippen LogP contribution is 2.23. The fourth-order valence-electron chi connectivity index (χ4n) is 3.22. The van der Waals surface area contributed by atoms with Gasteiger partial charge < -0.3 is 9.47 Å². The Labute approximate surface area is 197 Å². The van der Waals surface area contributed by atoms with E-state index in [2.05, 4.69) is 11.6 Å². The third kappa shape index (κ3) is 7.76. The molecule has 0 unspecified atom stereocenters. The van der Waals surface area contributed by atoms with E-state index in [9.17, 15) is 4.79 Å². The summed E-state index contributed by atoms with van der Waals surface area (Å²) >= 11 is 0. The smallest absolute Gasteiger partial charge is 0.160 e. The summed E-state index contributed by atoms with van der Waals surface area (Å²) in [6.07, 6.45) is 9.54. The van der Waals surface area contributed by atoms with E-state index < -0.39 is 0 Å². The lowest BCUT2D eigenvalue weighted by Crippen LogP contribution is -2.06. The van der Waals surface area contributed by atoms with Crippen LogP contribution >= 0.6 is 0 Å². The van der Waals surface area contributed by atoms with Crippen LogP contribution in [0.4, 0.5) is 0 Å². The molecular formula is C29H33NO3.